The fourth-order valence-corrected chi connectivity index (χ4v) is 13.6. The molecule has 4 aliphatic rings. The summed E-state index contributed by atoms with van der Waals surface area (Å²) in [6.45, 7) is 4.00. The lowest BCUT2D eigenvalue weighted by Crippen LogP contribution is -2.45. The summed E-state index contributed by atoms with van der Waals surface area (Å²) in [5.41, 5.74) is 21.0. The van der Waals surface area contributed by atoms with Crippen LogP contribution in [0, 0.1) is 0 Å². The van der Waals surface area contributed by atoms with Gasteiger partial charge in [-0.15, -0.1) is 11.3 Å². The molecule has 72 heavy (non-hydrogen) atoms. The molecule has 0 unspecified atom stereocenters. The van der Waals surface area contributed by atoms with Crippen molar-refractivity contribution in [3.63, 3.8) is 0 Å². The molecule has 1 N–H and O–H groups in total. The Morgan fingerprint density at radius 3 is 1.92 bits per heavy atom. The quantitative estimate of drug-likeness (QED) is 0.142. The van der Waals surface area contributed by atoms with Gasteiger partial charge < -0.3 is 5.32 Å². The molecule has 1 spiro atoms. The lowest BCUT2D eigenvalue weighted by Gasteiger charge is -2.51. The maximum absolute atomic E-state index is 3.73. The Balaban J connectivity index is 0.00000262. The van der Waals surface area contributed by atoms with E-state index in [1.165, 1.54) is 98.4 Å². The lowest BCUT2D eigenvalue weighted by atomic mass is 9.50. The zero-order chi connectivity index (χ0) is 48.5. The van der Waals surface area contributed by atoms with Crippen molar-refractivity contribution in [3.05, 3.63) is 309 Å². The van der Waals surface area contributed by atoms with Crippen LogP contribution >= 0.6 is 11.3 Å². The Hall–Kier alpha value is -8.04. The van der Waals surface area contributed by atoms with Crippen LogP contribution < -0.4 is 5.32 Å². The molecule has 2 heteroatoms. The minimum atomic E-state index is -0.526. The molecule has 8 aromatic carbocycles. The molecule has 0 bridgehead atoms. The van der Waals surface area contributed by atoms with Gasteiger partial charge in [0.1, 0.15) is 0 Å². The minimum absolute atomic E-state index is 0.446. The molecule has 1 aromatic heterocycles. The van der Waals surface area contributed by atoms with E-state index < -0.39 is 10.8 Å². The van der Waals surface area contributed by atoms with Crippen LogP contribution in [0.3, 0.4) is 0 Å². The summed E-state index contributed by atoms with van der Waals surface area (Å²) < 4.78 is 1.39. The van der Waals surface area contributed by atoms with Gasteiger partial charge in [-0.05, 0) is 139 Å². The first kappa shape index (κ1) is 45.1. The monoisotopic (exact) mass is 943 g/mol. The van der Waals surface area contributed by atoms with Crippen LogP contribution in [0.4, 0.5) is 5.69 Å². The molecule has 0 saturated carbocycles. The Labute approximate surface area is 429 Å². The first-order valence-corrected chi connectivity index (χ1v) is 26.6. The van der Waals surface area contributed by atoms with Crippen molar-refractivity contribution in [3.8, 4) is 22.3 Å². The van der Waals surface area contributed by atoms with Gasteiger partial charge in [0.15, 0.2) is 0 Å². The number of hydrogen-bond acceptors (Lipinski definition) is 2. The molecule has 0 saturated heterocycles. The van der Waals surface area contributed by atoms with E-state index in [2.05, 4.69) is 260 Å². The minimum Gasteiger partial charge on any atom is -0.362 e. The first-order valence-electron chi connectivity index (χ1n) is 25.8. The second-order valence-electron chi connectivity index (χ2n) is 18.9. The van der Waals surface area contributed by atoms with Crippen molar-refractivity contribution in [2.45, 2.75) is 50.4 Å². The largest absolute Gasteiger partial charge is 0.362 e. The Kier molecular flexibility index (Phi) is 12.1. The number of anilines is 1. The zero-order valence-corrected chi connectivity index (χ0v) is 41.8. The molecule has 9 aromatic rings. The first-order chi connectivity index (χ1) is 35.7. The zero-order valence-electron chi connectivity index (χ0n) is 41.0. The van der Waals surface area contributed by atoms with E-state index >= 15 is 0 Å². The lowest BCUT2D eigenvalue weighted by molar-refractivity contribution is 0.595. The van der Waals surface area contributed by atoms with Crippen molar-refractivity contribution in [2.24, 2.45) is 0 Å². The van der Waals surface area contributed by atoms with Gasteiger partial charge >= 0.3 is 0 Å². The molecule has 1 nitrogen and oxygen atoms in total. The van der Waals surface area contributed by atoms with Gasteiger partial charge in [-0.3, -0.25) is 0 Å². The van der Waals surface area contributed by atoms with Crippen LogP contribution in [0.15, 0.2) is 248 Å². The van der Waals surface area contributed by atoms with Gasteiger partial charge in [0, 0.05) is 21.5 Å². The molecule has 0 radical (unpaired) electrons. The van der Waals surface area contributed by atoms with Crippen LogP contribution in [0.1, 0.15) is 93.6 Å². The topological polar surface area (TPSA) is 12.0 Å². The molecule has 0 amide bonds. The highest BCUT2D eigenvalue weighted by Crippen LogP contribution is 2.65. The molecule has 1 heterocycles. The maximum Gasteiger partial charge on any atom is 0.0720 e. The predicted octanol–water partition coefficient (Wildman–Crippen LogP) is 18.6. The maximum atomic E-state index is 3.73. The van der Waals surface area contributed by atoms with E-state index in [0.717, 1.165) is 36.9 Å². The summed E-state index contributed by atoms with van der Waals surface area (Å²) in [4.78, 5) is 1.41. The number of benzene rings is 8. The van der Waals surface area contributed by atoms with Crippen LogP contribution in [-0.4, -0.2) is 0 Å². The third kappa shape index (κ3) is 7.35. The normalized spacial score (nSPS) is 18.2. The second kappa shape index (κ2) is 19.3. The fraction of sp³-hybridized carbons (Fsp3) is 0.114. The van der Waals surface area contributed by atoms with E-state index in [9.17, 15) is 0 Å². The number of rotatable bonds is 9. The predicted molar refractivity (Wildman–Crippen MR) is 309 cm³/mol. The average molecular weight is 944 g/mol. The summed E-state index contributed by atoms with van der Waals surface area (Å²) in [6, 6.07) is 72.5. The molecule has 0 atom stereocenters. The number of fused-ring (bicyclic) bond motifs is 12. The number of hydrogen-bond donors (Lipinski definition) is 1. The highest BCUT2D eigenvalue weighted by atomic mass is 32.1. The molecule has 4 aliphatic carbocycles. The Morgan fingerprint density at radius 1 is 0.556 bits per heavy atom. The standard InChI is InChI=1S/C68H51NS.C2H6/c1-4-20-48(21-5-1)49(40-37-47-38-41-50(42-39-47)54-29-18-30-58-57-28-11-17-36-65(57)70-66(54)58)22-19-45-69-53-43-44-56-55-27-10-12-31-59(55)68(64(56)46-53)62-34-15-13-32-60(62)67(51-23-6-2-7-24-51,52-25-8-3-9-26-52)61-33-14-16-35-63(61)68;1-2/h1-8,10,12-25,27,29-46,69H,9,11,26,28H2;1-2H3/b40-37-,45-19+,49-22+;. The van der Waals surface area contributed by atoms with Crippen molar-refractivity contribution < 1.29 is 0 Å². The molecule has 0 aliphatic heterocycles. The number of allylic oxidation sites excluding steroid dienone is 9. The molecule has 348 valence electrons. The summed E-state index contributed by atoms with van der Waals surface area (Å²) in [7, 11) is 0. The van der Waals surface area contributed by atoms with Crippen LogP contribution in [0.5, 0.6) is 0 Å². The van der Waals surface area contributed by atoms with Gasteiger partial charge in [-0.25, -0.2) is 0 Å². The fourth-order valence-electron chi connectivity index (χ4n) is 12.3. The smallest absolute Gasteiger partial charge is 0.0720 e. The Bertz CT molecular complexity index is 3620. The van der Waals surface area contributed by atoms with Gasteiger partial charge in [0.2, 0.25) is 0 Å². The van der Waals surface area contributed by atoms with E-state index in [4.69, 9.17) is 0 Å². The summed E-state index contributed by atoms with van der Waals surface area (Å²) in [6.07, 6.45) is 26.8. The Morgan fingerprint density at radius 2 is 1.19 bits per heavy atom. The van der Waals surface area contributed by atoms with Crippen molar-refractivity contribution >= 4 is 44.8 Å². The van der Waals surface area contributed by atoms with Gasteiger partial charge in [-0.2, -0.15) is 0 Å². The van der Waals surface area contributed by atoms with Crippen molar-refractivity contribution in [2.75, 3.05) is 5.32 Å². The summed E-state index contributed by atoms with van der Waals surface area (Å²) in [5.74, 6) is 0. The van der Waals surface area contributed by atoms with Crippen LogP contribution in [0.25, 0.3) is 50.1 Å². The van der Waals surface area contributed by atoms with E-state index in [1.807, 2.05) is 25.2 Å². The number of aryl methyl sites for hydroxylation is 1. The summed E-state index contributed by atoms with van der Waals surface area (Å²) >= 11 is 1.93. The third-order valence-corrected chi connectivity index (χ3v) is 16.5. The third-order valence-electron chi connectivity index (χ3n) is 15.3. The van der Waals surface area contributed by atoms with E-state index in [0.29, 0.717) is 0 Å². The van der Waals surface area contributed by atoms with Crippen LogP contribution in [0.2, 0.25) is 0 Å². The van der Waals surface area contributed by atoms with Crippen molar-refractivity contribution in [1.29, 1.82) is 0 Å². The second-order valence-corrected chi connectivity index (χ2v) is 20.0. The van der Waals surface area contributed by atoms with Gasteiger partial charge in [0.05, 0.1) is 10.8 Å². The van der Waals surface area contributed by atoms with Crippen LogP contribution in [-0.2, 0) is 17.3 Å². The number of thiophene rings is 1. The number of nitrogens with one attached hydrogen (secondary N) is 1. The average Bonchev–Trinajstić information content (AvgIpc) is 4.00. The molecule has 0 fully saturated rings. The highest BCUT2D eigenvalue weighted by Gasteiger charge is 2.57. The highest BCUT2D eigenvalue weighted by molar-refractivity contribution is 7.20. The molecular formula is C70H57NS. The van der Waals surface area contributed by atoms with Gasteiger partial charge in [-0.1, -0.05) is 244 Å². The van der Waals surface area contributed by atoms with E-state index in [-0.39, 0.29) is 0 Å². The SMILES string of the molecule is C1=CCCC(C2(c3ccccc3)c3ccccc3C3(c4ccccc4-c4ccc(N/C=C/C=C(\C=C/c5ccc(-c6cccc7c8c(sc67)C=CCC8)cc5)c5ccccc5)cc43)c3ccccc32)=C1.CC. The van der Waals surface area contributed by atoms with Gasteiger partial charge in [0.25, 0.3) is 0 Å². The summed E-state index contributed by atoms with van der Waals surface area (Å²) in [5, 5.41) is 5.14. The van der Waals surface area contributed by atoms with E-state index in [1.54, 1.807) is 0 Å². The molecular weight excluding hydrogens is 887 g/mol. The van der Waals surface area contributed by atoms with Crippen molar-refractivity contribution in [1.82, 2.24) is 0 Å². The molecule has 13 rings (SSSR count).